The lowest BCUT2D eigenvalue weighted by Gasteiger charge is -2.40. The van der Waals surface area contributed by atoms with Crippen molar-refractivity contribution in [3.63, 3.8) is 0 Å². The van der Waals surface area contributed by atoms with Gasteiger partial charge in [0.1, 0.15) is 0 Å². The Kier molecular flexibility index (Phi) is 5.72. The van der Waals surface area contributed by atoms with E-state index in [2.05, 4.69) is 5.10 Å². The first-order valence-corrected chi connectivity index (χ1v) is 8.74. The molecule has 1 fully saturated rings. The highest BCUT2D eigenvalue weighted by atomic mass is 19.4. The first-order valence-electron chi connectivity index (χ1n) is 8.74. The lowest BCUT2D eigenvalue weighted by atomic mass is 10.1. The number of hydrogen-bond acceptors (Lipinski definition) is 3. The van der Waals surface area contributed by atoms with Gasteiger partial charge in [-0.2, -0.15) is 31.4 Å². The number of aryl methyl sites for hydroxylation is 1. The van der Waals surface area contributed by atoms with E-state index >= 15 is 0 Å². The predicted octanol–water partition coefficient (Wildman–Crippen LogP) is 3.70. The number of halogens is 6. The first kappa shape index (κ1) is 20.7. The van der Waals surface area contributed by atoms with Crippen LogP contribution in [-0.4, -0.2) is 64.2 Å². The van der Waals surface area contributed by atoms with E-state index in [9.17, 15) is 26.3 Å². The van der Waals surface area contributed by atoms with Gasteiger partial charge in [-0.3, -0.25) is 14.5 Å². The highest BCUT2D eigenvalue weighted by Crippen LogP contribution is 2.37. The molecule has 0 atom stereocenters. The molecule has 154 valence electrons. The van der Waals surface area contributed by atoms with Crippen molar-refractivity contribution in [2.24, 2.45) is 7.05 Å². The molecule has 3 rings (SSSR count). The van der Waals surface area contributed by atoms with Gasteiger partial charge in [0.25, 0.3) is 0 Å². The summed E-state index contributed by atoms with van der Waals surface area (Å²) in [5.74, 6) is 0. The van der Waals surface area contributed by atoms with Gasteiger partial charge in [0.2, 0.25) is 6.04 Å². The van der Waals surface area contributed by atoms with Gasteiger partial charge in [0.15, 0.2) is 0 Å². The summed E-state index contributed by atoms with van der Waals surface area (Å²) in [4.78, 5) is 2.31. The van der Waals surface area contributed by atoms with Crippen molar-refractivity contribution < 1.29 is 26.3 Å². The van der Waals surface area contributed by atoms with Gasteiger partial charge in [-0.15, -0.1) is 0 Å². The molecule has 1 aliphatic rings. The van der Waals surface area contributed by atoms with Crippen molar-refractivity contribution >= 4 is 0 Å². The van der Waals surface area contributed by atoms with Gasteiger partial charge in [-0.05, 0) is 6.07 Å². The number of alkyl halides is 6. The molecule has 4 nitrogen and oxygen atoms in total. The van der Waals surface area contributed by atoms with Gasteiger partial charge < -0.3 is 0 Å². The molecular weight excluding hydrogens is 386 g/mol. The van der Waals surface area contributed by atoms with Crippen molar-refractivity contribution in [1.29, 1.82) is 0 Å². The summed E-state index contributed by atoms with van der Waals surface area (Å²) in [6.45, 7) is 0.0516. The Morgan fingerprint density at radius 1 is 0.929 bits per heavy atom. The Morgan fingerprint density at radius 2 is 1.50 bits per heavy atom. The predicted molar refractivity (Wildman–Crippen MR) is 91.4 cm³/mol. The Hall–Kier alpha value is -2.07. The van der Waals surface area contributed by atoms with Gasteiger partial charge in [-0.25, -0.2) is 0 Å². The molecular formula is C18H20F6N4. The SMILES string of the molecule is Cn1nc(-c2ccccc2)cc1CN1CCN(C(C(F)(F)F)C(F)(F)F)CC1. The summed E-state index contributed by atoms with van der Waals surface area (Å²) in [6, 6.07) is 7.97. The van der Waals surface area contributed by atoms with Crippen LogP contribution in [0, 0.1) is 0 Å². The van der Waals surface area contributed by atoms with Crippen LogP contribution in [0.5, 0.6) is 0 Å². The molecule has 0 N–H and O–H groups in total. The van der Waals surface area contributed by atoms with E-state index in [4.69, 9.17) is 0 Å². The Balaban J connectivity index is 1.64. The molecule has 2 heterocycles. The molecule has 1 aromatic carbocycles. The topological polar surface area (TPSA) is 24.3 Å². The molecule has 10 heteroatoms. The number of benzene rings is 1. The molecule has 0 unspecified atom stereocenters. The van der Waals surface area contributed by atoms with Crippen LogP contribution < -0.4 is 0 Å². The van der Waals surface area contributed by atoms with Gasteiger partial charge in [0.05, 0.1) is 11.4 Å². The standard InChI is InChI=1S/C18H20F6N4/c1-26-14(11-15(25-26)13-5-3-2-4-6-13)12-27-7-9-28(10-8-27)16(17(19,20)21)18(22,23)24/h2-6,11,16H,7-10,12H2,1H3. The zero-order chi connectivity index (χ0) is 20.5. The zero-order valence-electron chi connectivity index (χ0n) is 15.1. The van der Waals surface area contributed by atoms with Crippen molar-refractivity contribution in [1.82, 2.24) is 19.6 Å². The smallest absolute Gasteiger partial charge is 0.295 e. The maximum atomic E-state index is 12.9. The largest absolute Gasteiger partial charge is 0.412 e. The third-order valence-electron chi connectivity index (χ3n) is 4.82. The molecule has 0 bridgehead atoms. The molecule has 1 aliphatic heterocycles. The van der Waals surface area contributed by atoms with Crippen LogP contribution in [0.4, 0.5) is 26.3 Å². The number of aromatic nitrogens is 2. The van der Waals surface area contributed by atoms with E-state index in [-0.39, 0.29) is 26.2 Å². The second-order valence-corrected chi connectivity index (χ2v) is 6.81. The van der Waals surface area contributed by atoms with E-state index in [1.807, 2.05) is 41.3 Å². The number of rotatable bonds is 4. The molecule has 0 radical (unpaired) electrons. The second-order valence-electron chi connectivity index (χ2n) is 6.81. The fraction of sp³-hybridized carbons (Fsp3) is 0.500. The number of hydrogen-bond donors (Lipinski definition) is 0. The van der Waals surface area contributed by atoms with E-state index in [1.54, 1.807) is 11.7 Å². The fourth-order valence-corrected chi connectivity index (χ4v) is 3.41. The molecule has 1 aromatic heterocycles. The summed E-state index contributed by atoms with van der Waals surface area (Å²) in [5.41, 5.74) is 2.55. The van der Waals surface area contributed by atoms with Crippen molar-refractivity contribution in [2.75, 3.05) is 26.2 Å². The number of piperazine rings is 1. The average molecular weight is 406 g/mol. The molecule has 0 aliphatic carbocycles. The third-order valence-corrected chi connectivity index (χ3v) is 4.82. The lowest BCUT2D eigenvalue weighted by molar-refractivity contribution is -0.289. The van der Waals surface area contributed by atoms with E-state index in [0.29, 0.717) is 11.4 Å². The summed E-state index contributed by atoms with van der Waals surface area (Å²) < 4.78 is 78.9. The van der Waals surface area contributed by atoms with Crippen LogP contribution in [-0.2, 0) is 13.6 Å². The van der Waals surface area contributed by atoms with Crippen LogP contribution >= 0.6 is 0 Å². The van der Waals surface area contributed by atoms with Crippen LogP contribution in [0.3, 0.4) is 0 Å². The minimum atomic E-state index is -5.34. The maximum absolute atomic E-state index is 12.9. The van der Waals surface area contributed by atoms with Crippen LogP contribution in [0.15, 0.2) is 36.4 Å². The number of nitrogens with zero attached hydrogens (tertiary/aromatic N) is 4. The monoisotopic (exact) mass is 406 g/mol. The molecule has 0 spiro atoms. The van der Waals surface area contributed by atoms with Gasteiger partial charge >= 0.3 is 12.4 Å². The zero-order valence-corrected chi connectivity index (χ0v) is 15.1. The van der Waals surface area contributed by atoms with Gasteiger partial charge in [0, 0.05) is 45.3 Å². The molecule has 1 saturated heterocycles. The van der Waals surface area contributed by atoms with Crippen molar-refractivity contribution in [3.8, 4) is 11.3 Å². The summed E-state index contributed by atoms with van der Waals surface area (Å²) >= 11 is 0. The Labute approximate surface area is 158 Å². The maximum Gasteiger partial charge on any atom is 0.412 e. The fourth-order valence-electron chi connectivity index (χ4n) is 3.41. The van der Waals surface area contributed by atoms with Crippen molar-refractivity contribution in [2.45, 2.75) is 24.9 Å². The molecule has 28 heavy (non-hydrogen) atoms. The average Bonchev–Trinajstić information content (AvgIpc) is 2.96. The quantitative estimate of drug-likeness (QED) is 0.724. The van der Waals surface area contributed by atoms with Crippen LogP contribution in [0.1, 0.15) is 5.69 Å². The summed E-state index contributed by atoms with van der Waals surface area (Å²) in [7, 11) is 1.77. The molecule has 0 amide bonds. The van der Waals surface area contributed by atoms with Crippen LogP contribution in [0.25, 0.3) is 11.3 Å². The van der Waals surface area contributed by atoms with Crippen molar-refractivity contribution in [3.05, 3.63) is 42.1 Å². The lowest BCUT2D eigenvalue weighted by Crippen LogP contribution is -2.60. The minimum Gasteiger partial charge on any atom is -0.295 e. The van der Waals surface area contributed by atoms with E-state index < -0.39 is 18.4 Å². The first-order chi connectivity index (χ1) is 13.1. The third kappa shape index (κ3) is 4.67. The second kappa shape index (κ2) is 7.75. The summed E-state index contributed by atoms with van der Waals surface area (Å²) in [6.07, 6.45) is -10.7. The molecule has 0 saturated carbocycles. The minimum absolute atomic E-state index is 0.120. The highest BCUT2D eigenvalue weighted by molar-refractivity contribution is 5.59. The van der Waals surface area contributed by atoms with E-state index in [0.717, 1.165) is 17.0 Å². The molecule has 2 aromatic rings. The highest BCUT2D eigenvalue weighted by Gasteiger charge is 2.59. The Morgan fingerprint density at radius 3 is 2.04 bits per heavy atom. The van der Waals surface area contributed by atoms with Gasteiger partial charge in [-0.1, -0.05) is 30.3 Å². The summed E-state index contributed by atoms with van der Waals surface area (Å²) in [5, 5.41) is 4.44. The normalized spacial score (nSPS) is 17.4. The van der Waals surface area contributed by atoms with Crippen LogP contribution in [0.2, 0.25) is 0 Å². The Bertz CT molecular complexity index is 762. The van der Waals surface area contributed by atoms with E-state index in [1.165, 1.54) is 0 Å².